The largest absolute Gasteiger partial charge is 0.478 e. The van der Waals surface area contributed by atoms with E-state index in [1.807, 2.05) is 0 Å². The average Bonchev–Trinajstić information content (AvgIpc) is 2.57. The Bertz CT molecular complexity index is 593. The molecule has 96 valence electrons. The van der Waals surface area contributed by atoms with E-state index in [-0.39, 0.29) is 18.7 Å². The Labute approximate surface area is 103 Å². The molecule has 0 aromatic heterocycles. The molecular weight excluding hydrogens is 260 g/mol. The third-order valence-corrected chi connectivity index (χ3v) is 3.92. The number of aromatic carboxylic acids is 1. The van der Waals surface area contributed by atoms with Crippen molar-refractivity contribution in [2.24, 2.45) is 0 Å². The molecule has 1 saturated heterocycles. The molecule has 7 nitrogen and oxygen atoms in total. The molecule has 0 unspecified atom stereocenters. The average molecular weight is 270 g/mol. The van der Waals surface area contributed by atoms with Crippen LogP contribution in [0.4, 0.5) is 0 Å². The minimum absolute atomic E-state index is 0.103. The lowest BCUT2D eigenvalue weighted by Crippen LogP contribution is -2.31. The Morgan fingerprint density at radius 1 is 1.33 bits per heavy atom. The van der Waals surface area contributed by atoms with Gasteiger partial charge in [0.25, 0.3) is 5.91 Å². The second kappa shape index (κ2) is 4.39. The van der Waals surface area contributed by atoms with Crippen LogP contribution in [0.25, 0.3) is 0 Å². The molecule has 1 aliphatic rings. The van der Waals surface area contributed by atoms with Gasteiger partial charge in [0.1, 0.15) is 0 Å². The predicted molar refractivity (Wildman–Crippen MR) is 60.9 cm³/mol. The molecule has 1 fully saturated rings. The Kier molecular flexibility index (Phi) is 3.05. The third-order valence-electron chi connectivity index (χ3n) is 2.50. The molecule has 2 rings (SSSR count). The summed E-state index contributed by atoms with van der Waals surface area (Å²) in [5.41, 5.74) is 0.646. The van der Waals surface area contributed by atoms with Gasteiger partial charge in [0, 0.05) is 0 Å². The highest BCUT2D eigenvalue weighted by molar-refractivity contribution is 7.88. The number of amides is 1. The maximum atomic E-state index is 11.5. The molecular formula is C10H10N2O5S. The maximum absolute atomic E-state index is 11.5. The smallest absolute Gasteiger partial charge is 0.335 e. The number of carbonyl (C=O) groups is 2. The number of carboxylic acid groups (broad SMARTS) is 1. The first kappa shape index (κ1) is 12.5. The minimum atomic E-state index is -3.74. The summed E-state index contributed by atoms with van der Waals surface area (Å²) in [5, 5.41) is 8.71. The summed E-state index contributed by atoms with van der Waals surface area (Å²) in [6.07, 6.45) is 0. The molecule has 0 aliphatic carbocycles. The molecule has 1 aromatic rings. The monoisotopic (exact) mass is 270 g/mol. The maximum Gasteiger partial charge on any atom is 0.335 e. The van der Waals surface area contributed by atoms with Gasteiger partial charge in [0.15, 0.2) is 0 Å². The standard InChI is InChI=1S/C10H10N2O5S/c13-9-5-11-18(16,17)12(9)6-7-1-3-8(4-2-7)10(14)15/h1-4,11H,5-6H2,(H,14,15). The molecule has 0 radical (unpaired) electrons. The van der Waals surface area contributed by atoms with Crippen LogP contribution in [0.2, 0.25) is 0 Å². The number of carbonyl (C=O) groups excluding carboxylic acids is 1. The number of carboxylic acids is 1. The van der Waals surface area contributed by atoms with Crippen LogP contribution >= 0.6 is 0 Å². The topological polar surface area (TPSA) is 104 Å². The third kappa shape index (κ3) is 2.34. The summed E-state index contributed by atoms with van der Waals surface area (Å²) in [5.74, 6) is -1.59. The molecule has 2 N–H and O–H groups in total. The van der Waals surface area contributed by atoms with Crippen molar-refractivity contribution in [3.8, 4) is 0 Å². The van der Waals surface area contributed by atoms with Gasteiger partial charge in [-0.25, -0.2) is 9.10 Å². The fraction of sp³-hybridized carbons (Fsp3) is 0.200. The highest BCUT2D eigenvalue weighted by Crippen LogP contribution is 2.13. The molecule has 0 saturated carbocycles. The van der Waals surface area contributed by atoms with E-state index in [1.54, 1.807) is 0 Å². The Balaban J connectivity index is 2.19. The van der Waals surface area contributed by atoms with E-state index in [0.717, 1.165) is 4.31 Å². The number of nitrogens with one attached hydrogen (secondary N) is 1. The number of nitrogens with zero attached hydrogens (tertiary/aromatic N) is 1. The lowest BCUT2D eigenvalue weighted by Gasteiger charge is -2.13. The number of hydrogen-bond donors (Lipinski definition) is 2. The molecule has 1 aromatic carbocycles. The number of benzene rings is 1. The molecule has 8 heteroatoms. The highest BCUT2D eigenvalue weighted by atomic mass is 32.2. The quantitative estimate of drug-likeness (QED) is 0.775. The molecule has 1 amide bonds. The van der Waals surface area contributed by atoms with E-state index >= 15 is 0 Å². The molecule has 18 heavy (non-hydrogen) atoms. The van der Waals surface area contributed by atoms with Gasteiger partial charge in [0.2, 0.25) is 0 Å². The second-order valence-electron chi connectivity index (χ2n) is 3.73. The van der Waals surface area contributed by atoms with Crippen molar-refractivity contribution in [1.29, 1.82) is 0 Å². The first-order chi connectivity index (χ1) is 8.40. The minimum Gasteiger partial charge on any atom is -0.478 e. The fourth-order valence-corrected chi connectivity index (χ4v) is 2.66. The summed E-state index contributed by atoms with van der Waals surface area (Å²) in [6.45, 7) is -0.344. The first-order valence-electron chi connectivity index (χ1n) is 5.02. The van der Waals surface area contributed by atoms with Crippen molar-refractivity contribution in [2.45, 2.75) is 6.54 Å². The van der Waals surface area contributed by atoms with E-state index in [2.05, 4.69) is 4.72 Å². The fourth-order valence-electron chi connectivity index (χ4n) is 1.54. The van der Waals surface area contributed by atoms with Crippen LogP contribution in [-0.2, 0) is 21.5 Å². The van der Waals surface area contributed by atoms with Crippen LogP contribution in [0.15, 0.2) is 24.3 Å². The number of hydrogen-bond acceptors (Lipinski definition) is 4. The van der Waals surface area contributed by atoms with Crippen LogP contribution in [0, 0.1) is 0 Å². The van der Waals surface area contributed by atoms with Gasteiger partial charge in [0.05, 0.1) is 18.7 Å². The second-order valence-corrected chi connectivity index (χ2v) is 5.41. The van der Waals surface area contributed by atoms with Crippen molar-refractivity contribution >= 4 is 22.1 Å². The highest BCUT2D eigenvalue weighted by Gasteiger charge is 2.34. The Morgan fingerprint density at radius 3 is 2.39 bits per heavy atom. The van der Waals surface area contributed by atoms with Gasteiger partial charge in [-0.2, -0.15) is 13.1 Å². The van der Waals surface area contributed by atoms with Crippen molar-refractivity contribution in [3.63, 3.8) is 0 Å². The molecule has 1 heterocycles. The molecule has 0 bridgehead atoms. The number of rotatable bonds is 3. The van der Waals surface area contributed by atoms with E-state index < -0.39 is 22.1 Å². The summed E-state index contributed by atoms with van der Waals surface area (Å²) >= 11 is 0. The van der Waals surface area contributed by atoms with E-state index in [1.165, 1.54) is 24.3 Å². The normalized spacial score (nSPS) is 18.0. The van der Waals surface area contributed by atoms with Crippen molar-refractivity contribution in [1.82, 2.24) is 9.03 Å². The van der Waals surface area contributed by atoms with Crippen molar-refractivity contribution in [2.75, 3.05) is 6.54 Å². The van der Waals surface area contributed by atoms with Gasteiger partial charge in [-0.3, -0.25) is 4.79 Å². The zero-order chi connectivity index (χ0) is 13.3. The van der Waals surface area contributed by atoms with Gasteiger partial charge >= 0.3 is 16.2 Å². The first-order valence-corrected chi connectivity index (χ1v) is 6.46. The van der Waals surface area contributed by atoms with Crippen LogP contribution in [0.5, 0.6) is 0 Å². The molecule has 1 aliphatic heterocycles. The van der Waals surface area contributed by atoms with Gasteiger partial charge in [-0.15, -0.1) is 0 Å². The Hall–Kier alpha value is -1.93. The van der Waals surface area contributed by atoms with Crippen LogP contribution in [0.1, 0.15) is 15.9 Å². The summed E-state index contributed by atoms with van der Waals surface area (Å²) in [4.78, 5) is 22.0. The van der Waals surface area contributed by atoms with Crippen LogP contribution in [-0.4, -0.2) is 36.3 Å². The Morgan fingerprint density at radius 2 is 1.94 bits per heavy atom. The van der Waals surface area contributed by atoms with Crippen molar-refractivity contribution < 1.29 is 23.1 Å². The zero-order valence-electron chi connectivity index (χ0n) is 9.16. The van der Waals surface area contributed by atoms with Gasteiger partial charge < -0.3 is 5.11 Å². The molecule has 0 atom stereocenters. The lowest BCUT2D eigenvalue weighted by molar-refractivity contribution is -0.124. The van der Waals surface area contributed by atoms with Crippen LogP contribution < -0.4 is 4.72 Å². The van der Waals surface area contributed by atoms with Gasteiger partial charge in [-0.05, 0) is 17.7 Å². The van der Waals surface area contributed by atoms with E-state index in [0.29, 0.717) is 5.56 Å². The van der Waals surface area contributed by atoms with Gasteiger partial charge in [-0.1, -0.05) is 12.1 Å². The lowest BCUT2D eigenvalue weighted by atomic mass is 10.1. The summed E-state index contributed by atoms with van der Waals surface area (Å²) in [7, 11) is -3.74. The van der Waals surface area contributed by atoms with Crippen molar-refractivity contribution in [3.05, 3.63) is 35.4 Å². The molecule has 0 spiro atoms. The van der Waals surface area contributed by atoms with E-state index in [4.69, 9.17) is 5.11 Å². The van der Waals surface area contributed by atoms with Crippen LogP contribution in [0.3, 0.4) is 0 Å². The predicted octanol–water partition coefficient (Wildman–Crippen LogP) is -0.439. The summed E-state index contributed by atoms with van der Waals surface area (Å²) < 4.78 is 25.7. The summed E-state index contributed by atoms with van der Waals surface area (Å²) in [6, 6.07) is 5.67. The zero-order valence-corrected chi connectivity index (χ0v) is 9.98. The SMILES string of the molecule is O=C(O)c1ccc(CN2C(=O)CNS2(=O)=O)cc1. The van der Waals surface area contributed by atoms with E-state index in [9.17, 15) is 18.0 Å².